The van der Waals surface area contributed by atoms with Crippen molar-refractivity contribution in [2.24, 2.45) is 0 Å². The highest BCUT2D eigenvalue weighted by Crippen LogP contribution is 2.44. The predicted molar refractivity (Wildman–Crippen MR) is 187 cm³/mol. The van der Waals surface area contributed by atoms with E-state index in [9.17, 15) is 0 Å². The minimum atomic E-state index is 0.160. The van der Waals surface area contributed by atoms with Gasteiger partial charge in [-0.15, -0.1) is 0 Å². The summed E-state index contributed by atoms with van der Waals surface area (Å²) in [5, 5.41) is 2.23. The molecule has 1 aliphatic heterocycles. The minimum absolute atomic E-state index is 0.160. The third kappa shape index (κ3) is 4.61. The Morgan fingerprint density at radius 1 is 0.326 bits per heavy atom. The molecular weight excluding hydrogens is 564 g/mol. The number of hydrogen-bond acceptors (Lipinski definition) is 3. The van der Waals surface area contributed by atoms with Gasteiger partial charge in [0.05, 0.1) is 0 Å². The average Bonchev–Trinajstić information content (AvgIpc) is 3.40. The molecule has 0 unspecified atom stereocenters. The van der Waals surface area contributed by atoms with E-state index in [1.165, 1.54) is 22.3 Å². The first kappa shape index (κ1) is 26.4. The van der Waals surface area contributed by atoms with E-state index in [-0.39, 0.29) is 6.79 Å². The summed E-state index contributed by atoms with van der Waals surface area (Å²) in [6.07, 6.45) is 0. The van der Waals surface area contributed by atoms with E-state index in [1.54, 1.807) is 0 Å². The molecule has 46 heavy (non-hydrogen) atoms. The van der Waals surface area contributed by atoms with Crippen LogP contribution in [0.2, 0.25) is 0 Å². The third-order valence-corrected chi connectivity index (χ3v) is 8.87. The Morgan fingerprint density at radius 2 is 0.804 bits per heavy atom. The molecule has 0 aliphatic carbocycles. The average molecular weight is 593 g/mol. The molecule has 1 aromatic heterocycles. The molecule has 218 valence electrons. The van der Waals surface area contributed by atoms with Crippen molar-refractivity contribution in [2.45, 2.75) is 0 Å². The second kappa shape index (κ2) is 10.8. The van der Waals surface area contributed by atoms with E-state index in [0.29, 0.717) is 0 Å². The van der Waals surface area contributed by atoms with Crippen LogP contribution in [0.5, 0.6) is 11.5 Å². The summed E-state index contributed by atoms with van der Waals surface area (Å²) in [6.45, 7) is 0.160. The number of rotatable bonds is 4. The van der Waals surface area contributed by atoms with E-state index in [4.69, 9.17) is 13.9 Å². The molecule has 0 fully saturated rings. The van der Waals surface area contributed by atoms with Crippen LogP contribution in [0.25, 0.3) is 77.6 Å². The van der Waals surface area contributed by atoms with Crippen molar-refractivity contribution in [3.05, 3.63) is 158 Å². The second-order valence-electron chi connectivity index (χ2n) is 11.7. The molecule has 9 rings (SSSR count). The van der Waals surface area contributed by atoms with E-state index in [0.717, 1.165) is 66.8 Å². The van der Waals surface area contributed by atoms with Gasteiger partial charge < -0.3 is 13.9 Å². The number of hydrogen-bond donors (Lipinski definition) is 0. The van der Waals surface area contributed by atoms with Crippen LogP contribution in [-0.4, -0.2) is 6.79 Å². The summed E-state index contributed by atoms with van der Waals surface area (Å²) in [5.74, 6) is 1.61. The molecule has 0 saturated carbocycles. The molecule has 0 bridgehead atoms. The Bertz CT molecular complexity index is 2330. The van der Waals surface area contributed by atoms with Gasteiger partial charge in [-0.3, -0.25) is 0 Å². The molecule has 2 heterocycles. The highest BCUT2D eigenvalue weighted by molar-refractivity contribution is 6.06. The fraction of sp³-hybridized carbons (Fsp3) is 0.0233. The van der Waals surface area contributed by atoms with Crippen LogP contribution >= 0.6 is 0 Å². The van der Waals surface area contributed by atoms with Crippen LogP contribution in [0.4, 0.5) is 0 Å². The Labute approximate surface area is 266 Å². The van der Waals surface area contributed by atoms with Gasteiger partial charge in [-0.05, 0) is 105 Å². The number of fused-ring (bicyclic) bond motifs is 6. The number of ether oxygens (including phenoxy) is 2. The van der Waals surface area contributed by atoms with Gasteiger partial charge in [0.15, 0.2) is 0 Å². The molecular formula is C43H28O3. The summed E-state index contributed by atoms with van der Waals surface area (Å²) in [5.41, 5.74) is 13.0. The van der Waals surface area contributed by atoms with Crippen molar-refractivity contribution in [3.63, 3.8) is 0 Å². The van der Waals surface area contributed by atoms with Crippen molar-refractivity contribution < 1.29 is 13.9 Å². The number of furan rings is 1. The summed E-state index contributed by atoms with van der Waals surface area (Å²) >= 11 is 0. The SMILES string of the molecule is c1ccc(-c2cc(-c3ccccc3)cc(-c3ccc4c(c3)-c3cc(-c5ccc6oc7ccccc7c6c5)ccc3OCO4)c2)cc1. The highest BCUT2D eigenvalue weighted by atomic mass is 16.7. The molecule has 1 aliphatic rings. The fourth-order valence-corrected chi connectivity index (χ4v) is 6.54. The van der Waals surface area contributed by atoms with Gasteiger partial charge in [-0.1, -0.05) is 97.1 Å². The maximum Gasteiger partial charge on any atom is 0.230 e. The van der Waals surface area contributed by atoms with Gasteiger partial charge in [0.1, 0.15) is 22.7 Å². The predicted octanol–water partition coefficient (Wildman–Crippen LogP) is 11.6. The Kier molecular flexibility index (Phi) is 6.20. The Hall–Kier alpha value is -6.06. The van der Waals surface area contributed by atoms with Gasteiger partial charge in [0.2, 0.25) is 6.79 Å². The maximum absolute atomic E-state index is 6.11. The molecule has 7 aromatic carbocycles. The first-order chi connectivity index (χ1) is 22.8. The van der Waals surface area contributed by atoms with Crippen LogP contribution in [0.15, 0.2) is 162 Å². The zero-order chi connectivity index (χ0) is 30.5. The molecule has 3 nitrogen and oxygen atoms in total. The normalized spacial score (nSPS) is 12.2. The van der Waals surface area contributed by atoms with Crippen LogP contribution in [0.1, 0.15) is 0 Å². The zero-order valence-corrected chi connectivity index (χ0v) is 24.9. The quantitative estimate of drug-likeness (QED) is 0.204. The monoisotopic (exact) mass is 592 g/mol. The standard InChI is InChI=1S/C43H28O3/c1-3-9-28(10-4-1)33-21-34(29-11-5-2-6-12-29)23-35(22-33)32-16-19-41-39(26-32)38-25-30(15-18-40(38)44-27-45-41)31-17-20-43-37(24-31)36-13-7-8-14-42(36)46-43/h1-26H,27H2. The van der Waals surface area contributed by atoms with E-state index < -0.39 is 0 Å². The van der Waals surface area contributed by atoms with Gasteiger partial charge in [0, 0.05) is 21.9 Å². The molecule has 0 atom stereocenters. The van der Waals surface area contributed by atoms with Crippen LogP contribution in [-0.2, 0) is 0 Å². The topological polar surface area (TPSA) is 31.6 Å². The van der Waals surface area contributed by atoms with Crippen LogP contribution < -0.4 is 9.47 Å². The van der Waals surface area contributed by atoms with Gasteiger partial charge in [0.25, 0.3) is 0 Å². The lowest BCUT2D eigenvalue weighted by Gasteiger charge is -2.14. The maximum atomic E-state index is 6.11. The Morgan fingerprint density at radius 3 is 1.43 bits per heavy atom. The zero-order valence-electron chi connectivity index (χ0n) is 24.9. The first-order valence-electron chi connectivity index (χ1n) is 15.5. The van der Waals surface area contributed by atoms with Crippen molar-refractivity contribution in [3.8, 4) is 67.1 Å². The van der Waals surface area contributed by atoms with E-state index in [1.807, 2.05) is 12.1 Å². The van der Waals surface area contributed by atoms with E-state index in [2.05, 4.69) is 146 Å². The second-order valence-corrected chi connectivity index (χ2v) is 11.7. The summed E-state index contributed by atoms with van der Waals surface area (Å²) in [4.78, 5) is 0. The molecule has 3 heteroatoms. The lowest BCUT2D eigenvalue weighted by molar-refractivity contribution is 0.125. The molecule has 0 spiro atoms. The van der Waals surface area contributed by atoms with Gasteiger partial charge in [-0.25, -0.2) is 0 Å². The largest absolute Gasteiger partial charge is 0.457 e. The summed E-state index contributed by atoms with van der Waals surface area (Å²) in [6, 6.07) is 55.4. The Balaban J connectivity index is 1.18. The number of benzene rings is 7. The highest BCUT2D eigenvalue weighted by Gasteiger charge is 2.19. The van der Waals surface area contributed by atoms with Gasteiger partial charge >= 0.3 is 0 Å². The van der Waals surface area contributed by atoms with Crippen molar-refractivity contribution in [1.29, 1.82) is 0 Å². The van der Waals surface area contributed by atoms with Crippen molar-refractivity contribution in [2.75, 3.05) is 6.79 Å². The molecule has 0 radical (unpaired) electrons. The molecule has 8 aromatic rings. The lowest BCUT2D eigenvalue weighted by atomic mass is 9.91. The third-order valence-electron chi connectivity index (χ3n) is 8.87. The van der Waals surface area contributed by atoms with Crippen LogP contribution in [0, 0.1) is 0 Å². The number of para-hydroxylation sites is 1. The molecule has 0 N–H and O–H groups in total. The summed E-state index contributed by atoms with van der Waals surface area (Å²) < 4.78 is 18.3. The minimum Gasteiger partial charge on any atom is -0.457 e. The first-order valence-corrected chi connectivity index (χ1v) is 15.5. The van der Waals surface area contributed by atoms with Crippen LogP contribution in [0.3, 0.4) is 0 Å². The summed E-state index contributed by atoms with van der Waals surface area (Å²) in [7, 11) is 0. The van der Waals surface area contributed by atoms with E-state index >= 15 is 0 Å². The molecule has 0 amide bonds. The van der Waals surface area contributed by atoms with Crippen molar-refractivity contribution in [1.82, 2.24) is 0 Å². The smallest absolute Gasteiger partial charge is 0.230 e. The fourth-order valence-electron chi connectivity index (χ4n) is 6.54. The van der Waals surface area contributed by atoms with Crippen molar-refractivity contribution >= 4 is 21.9 Å². The molecule has 0 saturated heterocycles. The van der Waals surface area contributed by atoms with Gasteiger partial charge in [-0.2, -0.15) is 0 Å². The lowest BCUT2D eigenvalue weighted by Crippen LogP contribution is -2.03.